The van der Waals surface area contributed by atoms with E-state index in [1.807, 2.05) is 17.0 Å². The number of hydrogen-bond donors (Lipinski definition) is 2. The van der Waals surface area contributed by atoms with Crippen molar-refractivity contribution >= 4 is 11.7 Å². The van der Waals surface area contributed by atoms with Crippen LogP contribution in [0.5, 0.6) is 0 Å². The SMILES string of the molecule is NCc1ccccc1N1CCN2C(=O)NCC2C1. The van der Waals surface area contributed by atoms with Crippen molar-refractivity contribution in [2.75, 3.05) is 31.1 Å². The van der Waals surface area contributed by atoms with E-state index in [1.165, 1.54) is 11.3 Å². The lowest BCUT2D eigenvalue weighted by Gasteiger charge is -2.38. The molecule has 0 spiro atoms. The van der Waals surface area contributed by atoms with Crippen molar-refractivity contribution in [2.24, 2.45) is 5.73 Å². The number of benzene rings is 1. The molecule has 96 valence electrons. The number of hydrogen-bond acceptors (Lipinski definition) is 3. The largest absolute Gasteiger partial charge is 0.367 e. The Bertz CT molecular complexity index is 462. The lowest BCUT2D eigenvalue weighted by atomic mass is 10.1. The molecule has 0 saturated carbocycles. The summed E-state index contributed by atoms with van der Waals surface area (Å²) >= 11 is 0. The molecule has 0 radical (unpaired) electrons. The van der Waals surface area contributed by atoms with E-state index in [2.05, 4.69) is 22.3 Å². The van der Waals surface area contributed by atoms with Crippen LogP contribution in [0.15, 0.2) is 24.3 Å². The highest BCUT2D eigenvalue weighted by Gasteiger charge is 2.35. The highest BCUT2D eigenvalue weighted by atomic mass is 16.2. The van der Waals surface area contributed by atoms with Gasteiger partial charge in [0.05, 0.1) is 6.04 Å². The van der Waals surface area contributed by atoms with Gasteiger partial charge in [-0.15, -0.1) is 0 Å². The summed E-state index contributed by atoms with van der Waals surface area (Å²) in [5.74, 6) is 0. The average molecular weight is 246 g/mol. The predicted octanol–water partition coefficient (Wildman–Crippen LogP) is 0.359. The van der Waals surface area contributed by atoms with Crippen LogP contribution >= 0.6 is 0 Å². The molecule has 5 nitrogen and oxygen atoms in total. The lowest BCUT2D eigenvalue weighted by Crippen LogP contribution is -2.52. The van der Waals surface area contributed by atoms with Gasteiger partial charge in [-0.25, -0.2) is 4.79 Å². The van der Waals surface area contributed by atoms with Crippen LogP contribution in [0, 0.1) is 0 Å². The van der Waals surface area contributed by atoms with Gasteiger partial charge in [0, 0.05) is 38.4 Å². The highest BCUT2D eigenvalue weighted by Crippen LogP contribution is 2.24. The van der Waals surface area contributed by atoms with Crippen LogP contribution < -0.4 is 16.0 Å². The van der Waals surface area contributed by atoms with Crippen LogP contribution in [0.25, 0.3) is 0 Å². The smallest absolute Gasteiger partial charge is 0.317 e. The van der Waals surface area contributed by atoms with Crippen molar-refractivity contribution in [1.29, 1.82) is 0 Å². The number of fused-ring (bicyclic) bond motifs is 1. The number of carbonyl (C=O) groups excluding carboxylic acids is 1. The standard InChI is InChI=1S/C13H18N4O/c14-7-10-3-1-2-4-12(10)16-5-6-17-11(9-16)8-15-13(17)18/h1-4,11H,5-9,14H2,(H,15,18). The molecule has 3 N–H and O–H groups in total. The summed E-state index contributed by atoms with van der Waals surface area (Å²) in [5, 5.41) is 2.90. The highest BCUT2D eigenvalue weighted by molar-refractivity contribution is 5.77. The summed E-state index contributed by atoms with van der Waals surface area (Å²) < 4.78 is 0. The van der Waals surface area contributed by atoms with Gasteiger partial charge in [-0.05, 0) is 11.6 Å². The van der Waals surface area contributed by atoms with Gasteiger partial charge < -0.3 is 20.9 Å². The molecule has 2 saturated heterocycles. The van der Waals surface area contributed by atoms with E-state index < -0.39 is 0 Å². The molecule has 2 aliphatic rings. The van der Waals surface area contributed by atoms with E-state index in [9.17, 15) is 4.79 Å². The third-order valence-electron chi connectivity index (χ3n) is 3.78. The number of anilines is 1. The predicted molar refractivity (Wildman–Crippen MR) is 70.4 cm³/mol. The van der Waals surface area contributed by atoms with Gasteiger partial charge in [-0.3, -0.25) is 0 Å². The Kier molecular flexibility index (Phi) is 2.83. The Morgan fingerprint density at radius 2 is 2.17 bits per heavy atom. The molecule has 1 atom stereocenters. The minimum atomic E-state index is 0.0757. The zero-order valence-corrected chi connectivity index (χ0v) is 10.3. The Hall–Kier alpha value is -1.75. The number of piperazine rings is 1. The van der Waals surface area contributed by atoms with E-state index in [0.29, 0.717) is 6.54 Å². The first-order chi connectivity index (χ1) is 8.79. The zero-order valence-electron chi connectivity index (χ0n) is 10.3. The summed E-state index contributed by atoms with van der Waals surface area (Å²) in [5.41, 5.74) is 8.16. The quantitative estimate of drug-likeness (QED) is 0.792. The minimum Gasteiger partial charge on any atom is -0.367 e. The molecule has 2 fully saturated rings. The molecule has 5 heteroatoms. The number of urea groups is 1. The maximum atomic E-state index is 11.6. The number of nitrogens with two attached hydrogens (primary N) is 1. The van der Waals surface area contributed by atoms with Crippen molar-refractivity contribution in [3.05, 3.63) is 29.8 Å². The fraction of sp³-hybridized carbons (Fsp3) is 0.462. The molecule has 0 bridgehead atoms. The third kappa shape index (κ3) is 1.80. The number of rotatable bonds is 2. The van der Waals surface area contributed by atoms with Gasteiger partial charge in [-0.2, -0.15) is 0 Å². The van der Waals surface area contributed by atoms with Crippen LogP contribution in [0.2, 0.25) is 0 Å². The molecule has 2 amide bonds. The molecule has 0 aromatic heterocycles. The fourth-order valence-corrected chi connectivity index (χ4v) is 2.81. The molecular weight excluding hydrogens is 228 g/mol. The van der Waals surface area contributed by atoms with Gasteiger partial charge in [0.2, 0.25) is 0 Å². The number of amides is 2. The topological polar surface area (TPSA) is 61.6 Å². The molecule has 2 aliphatic heterocycles. The summed E-state index contributed by atoms with van der Waals surface area (Å²) in [6.45, 7) is 3.85. The molecular formula is C13H18N4O. The number of nitrogens with zero attached hydrogens (tertiary/aromatic N) is 2. The Labute approximate surface area is 107 Å². The van der Waals surface area contributed by atoms with Crippen LogP contribution in [0.4, 0.5) is 10.5 Å². The zero-order chi connectivity index (χ0) is 12.5. The fourth-order valence-electron chi connectivity index (χ4n) is 2.81. The third-order valence-corrected chi connectivity index (χ3v) is 3.78. The monoisotopic (exact) mass is 246 g/mol. The minimum absolute atomic E-state index is 0.0757. The first kappa shape index (κ1) is 11.3. The molecule has 18 heavy (non-hydrogen) atoms. The van der Waals surface area contributed by atoms with Crippen molar-refractivity contribution in [3.8, 4) is 0 Å². The van der Waals surface area contributed by atoms with Crippen molar-refractivity contribution < 1.29 is 4.79 Å². The lowest BCUT2D eigenvalue weighted by molar-refractivity contribution is 0.197. The first-order valence-electron chi connectivity index (χ1n) is 6.37. The van der Waals surface area contributed by atoms with E-state index in [-0.39, 0.29) is 12.1 Å². The first-order valence-corrected chi connectivity index (χ1v) is 6.37. The molecule has 2 heterocycles. The van der Waals surface area contributed by atoms with E-state index in [0.717, 1.165) is 26.2 Å². The maximum Gasteiger partial charge on any atom is 0.317 e. The van der Waals surface area contributed by atoms with Gasteiger partial charge in [0.15, 0.2) is 0 Å². The number of nitrogens with one attached hydrogen (secondary N) is 1. The second kappa shape index (κ2) is 4.49. The van der Waals surface area contributed by atoms with E-state index in [1.54, 1.807) is 0 Å². The van der Waals surface area contributed by atoms with Crippen molar-refractivity contribution in [1.82, 2.24) is 10.2 Å². The summed E-state index contributed by atoms with van der Waals surface area (Å²) in [4.78, 5) is 15.8. The van der Waals surface area contributed by atoms with Crippen LogP contribution in [0.1, 0.15) is 5.56 Å². The van der Waals surface area contributed by atoms with Crippen LogP contribution in [-0.4, -0.2) is 43.2 Å². The summed E-state index contributed by atoms with van der Waals surface area (Å²) in [6.07, 6.45) is 0. The number of carbonyl (C=O) groups is 1. The van der Waals surface area contributed by atoms with Crippen molar-refractivity contribution in [3.63, 3.8) is 0 Å². The summed E-state index contributed by atoms with van der Waals surface area (Å²) in [6, 6.07) is 8.60. The average Bonchev–Trinajstić information content (AvgIpc) is 2.80. The van der Waals surface area contributed by atoms with Crippen LogP contribution in [0.3, 0.4) is 0 Å². The van der Waals surface area contributed by atoms with E-state index in [4.69, 9.17) is 5.73 Å². The summed E-state index contributed by atoms with van der Waals surface area (Å²) in [7, 11) is 0. The van der Waals surface area contributed by atoms with Gasteiger partial charge >= 0.3 is 6.03 Å². The Morgan fingerprint density at radius 3 is 3.00 bits per heavy atom. The van der Waals surface area contributed by atoms with Gasteiger partial charge in [-0.1, -0.05) is 18.2 Å². The molecule has 1 unspecified atom stereocenters. The van der Waals surface area contributed by atoms with Gasteiger partial charge in [0.25, 0.3) is 0 Å². The maximum absolute atomic E-state index is 11.6. The van der Waals surface area contributed by atoms with Crippen molar-refractivity contribution in [2.45, 2.75) is 12.6 Å². The second-order valence-corrected chi connectivity index (χ2v) is 4.81. The second-order valence-electron chi connectivity index (χ2n) is 4.81. The van der Waals surface area contributed by atoms with Gasteiger partial charge in [0.1, 0.15) is 0 Å². The molecule has 1 aromatic carbocycles. The molecule has 1 aromatic rings. The molecule has 3 rings (SSSR count). The molecule has 0 aliphatic carbocycles. The van der Waals surface area contributed by atoms with Crippen LogP contribution in [-0.2, 0) is 6.54 Å². The van der Waals surface area contributed by atoms with E-state index >= 15 is 0 Å². The Balaban J connectivity index is 1.80. The number of para-hydroxylation sites is 1. The Morgan fingerprint density at radius 1 is 1.33 bits per heavy atom. The normalized spacial score (nSPS) is 22.9.